The lowest BCUT2D eigenvalue weighted by Gasteiger charge is -2.21. The van der Waals surface area contributed by atoms with Gasteiger partial charge in [0.1, 0.15) is 10.8 Å². The Bertz CT molecular complexity index is 645. The van der Waals surface area contributed by atoms with Crippen LogP contribution in [-0.2, 0) is 19.5 Å². The van der Waals surface area contributed by atoms with E-state index in [9.17, 15) is 4.39 Å². The average molecular weight is 448 g/mol. The van der Waals surface area contributed by atoms with Crippen LogP contribution in [0.25, 0.3) is 0 Å². The topological polar surface area (TPSA) is 40.5 Å². The first kappa shape index (κ1) is 19.8. The predicted molar refractivity (Wildman–Crippen MR) is 105 cm³/mol. The summed E-state index contributed by atoms with van der Waals surface area (Å²) in [6.07, 6.45) is 2.92. The molecule has 0 spiro atoms. The highest BCUT2D eigenvalue weighted by Gasteiger charge is 2.08. The highest BCUT2D eigenvalue weighted by molar-refractivity contribution is 14.0. The fraction of sp³-hybridized carbons (Fsp3) is 0.375. The summed E-state index contributed by atoms with van der Waals surface area (Å²) in [7, 11) is 3.67. The fourth-order valence-electron chi connectivity index (χ4n) is 2.12. The van der Waals surface area contributed by atoms with Crippen molar-refractivity contribution < 1.29 is 4.39 Å². The van der Waals surface area contributed by atoms with Crippen molar-refractivity contribution in [1.29, 1.82) is 0 Å². The standard InChI is InChI=1S/C16H21FN4S.HI/c1-4-14-9-19-15(22-14)10-20-16(18-2)21(3)11-12-6-5-7-13(17)8-12;/h5-9H,4,10-11H2,1-3H3,(H,18,20);1H. The van der Waals surface area contributed by atoms with E-state index in [1.165, 1.54) is 17.0 Å². The Kier molecular flexibility index (Phi) is 8.46. The molecule has 0 bridgehead atoms. The van der Waals surface area contributed by atoms with Crippen LogP contribution in [0.5, 0.6) is 0 Å². The molecule has 0 radical (unpaired) electrons. The molecule has 0 amide bonds. The molecule has 0 fully saturated rings. The molecule has 1 N–H and O–H groups in total. The van der Waals surface area contributed by atoms with Crippen LogP contribution in [-0.4, -0.2) is 29.9 Å². The average Bonchev–Trinajstić information content (AvgIpc) is 2.96. The monoisotopic (exact) mass is 448 g/mol. The summed E-state index contributed by atoms with van der Waals surface area (Å²) in [6.45, 7) is 3.36. The molecule has 2 aromatic rings. The lowest BCUT2D eigenvalue weighted by Crippen LogP contribution is -2.38. The van der Waals surface area contributed by atoms with Crippen LogP contribution in [0.15, 0.2) is 35.5 Å². The molecule has 0 atom stereocenters. The molecule has 2 rings (SSSR count). The van der Waals surface area contributed by atoms with Crippen molar-refractivity contribution in [2.24, 2.45) is 4.99 Å². The predicted octanol–water partition coefficient (Wildman–Crippen LogP) is 3.67. The minimum atomic E-state index is -0.219. The molecule has 4 nitrogen and oxygen atoms in total. The number of rotatable bonds is 5. The van der Waals surface area contributed by atoms with Gasteiger partial charge in [0.05, 0.1) is 6.54 Å². The van der Waals surface area contributed by atoms with Gasteiger partial charge in [0.25, 0.3) is 0 Å². The number of hydrogen-bond acceptors (Lipinski definition) is 3. The second-order valence-corrected chi connectivity index (χ2v) is 6.16. The highest BCUT2D eigenvalue weighted by Crippen LogP contribution is 2.13. The van der Waals surface area contributed by atoms with Crippen LogP contribution in [0.1, 0.15) is 22.4 Å². The smallest absolute Gasteiger partial charge is 0.194 e. The minimum absolute atomic E-state index is 0. The van der Waals surface area contributed by atoms with Crippen LogP contribution in [0.3, 0.4) is 0 Å². The molecule has 126 valence electrons. The van der Waals surface area contributed by atoms with Crippen molar-refractivity contribution in [3.63, 3.8) is 0 Å². The van der Waals surface area contributed by atoms with E-state index < -0.39 is 0 Å². The maximum Gasteiger partial charge on any atom is 0.194 e. The normalized spacial score (nSPS) is 11.0. The number of aryl methyl sites for hydroxylation is 1. The van der Waals surface area contributed by atoms with Gasteiger partial charge in [-0.25, -0.2) is 9.37 Å². The molecular weight excluding hydrogens is 426 g/mol. The van der Waals surface area contributed by atoms with Crippen molar-refractivity contribution in [3.05, 3.63) is 51.7 Å². The van der Waals surface area contributed by atoms with Crippen molar-refractivity contribution in [2.75, 3.05) is 14.1 Å². The largest absolute Gasteiger partial charge is 0.350 e. The van der Waals surface area contributed by atoms with Gasteiger partial charge in [0.15, 0.2) is 5.96 Å². The van der Waals surface area contributed by atoms with E-state index in [1.807, 2.05) is 24.2 Å². The summed E-state index contributed by atoms with van der Waals surface area (Å²) in [5, 5.41) is 4.33. The number of hydrogen-bond donors (Lipinski definition) is 1. The Morgan fingerprint density at radius 2 is 2.22 bits per heavy atom. The molecule has 1 aromatic heterocycles. The zero-order valence-electron chi connectivity index (χ0n) is 13.5. The third kappa shape index (κ3) is 6.06. The van der Waals surface area contributed by atoms with Gasteiger partial charge in [-0.3, -0.25) is 4.99 Å². The Hall–Kier alpha value is -1.22. The maximum atomic E-state index is 13.2. The third-order valence-corrected chi connectivity index (χ3v) is 4.37. The lowest BCUT2D eigenvalue weighted by atomic mass is 10.2. The molecule has 7 heteroatoms. The molecular formula is C16H22FIN4S. The fourth-order valence-corrected chi connectivity index (χ4v) is 2.92. The number of nitrogens with zero attached hydrogens (tertiary/aromatic N) is 3. The number of thiazole rings is 1. The molecule has 1 aromatic carbocycles. The number of aliphatic imine (C=N–C) groups is 1. The maximum absolute atomic E-state index is 13.2. The summed E-state index contributed by atoms with van der Waals surface area (Å²) < 4.78 is 13.2. The van der Waals surface area contributed by atoms with Crippen LogP contribution in [0.4, 0.5) is 4.39 Å². The minimum Gasteiger partial charge on any atom is -0.350 e. The van der Waals surface area contributed by atoms with Gasteiger partial charge in [-0.1, -0.05) is 19.1 Å². The third-order valence-electron chi connectivity index (χ3n) is 3.23. The van der Waals surface area contributed by atoms with Gasteiger partial charge in [-0.15, -0.1) is 35.3 Å². The van der Waals surface area contributed by atoms with E-state index >= 15 is 0 Å². The molecule has 0 aliphatic rings. The SMILES string of the molecule is CCc1cnc(CNC(=NC)N(C)Cc2cccc(F)c2)s1.I. The summed E-state index contributed by atoms with van der Waals surface area (Å²) in [5.41, 5.74) is 0.910. The Labute approximate surface area is 157 Å². The molecule has 0 aliphatic heterocycles. The number of nitrogens with one attached hydrogen (secondary N) is 1. The molecule has 0 unspecified atom stereocenters. The van der Waals surface area contributed by atoms with E-state index in [2.05, 4.69) is 22.2 Å². The van der Waals surface area contributed by atoms with Crippen molar-refractivity contribution in [2.45, 2.75) is 26.4 Å². The van der Waals surface area contributed by atoms with Gasteiger partial charge >= 0.3 is 0 Å². The first-order chi connectivity index (χ1) is 10.6. The summed E-state index contributed by atoms with van der Waals surface area (Å²) in [4.78, 5) is 11.9. The Morgan fingerprint density at radius 3 is 2.83 bits per heavy atom. The van der Waals surface area contributed by atoms with E-state index in [4.69, 9.17) is 0 Å². The molecule has 0 aliphatic carbocycles. The summed E-state index contributed by atoms with van der Waals surface area (Å²) >= 11 is 1.71. The zero-order chi connectivity index (χ0) is 15.9. The van der Waals surface area contributed by atoms with E-state index in [-0.39, 0.29) is 29.8 Å². The highest BCUT2D eigenvalue weighted by atomic mass is 127. The van der Waals surface area contributed by atoms with E-state index in [0.717, 1.165) is 23.0 Å². The van der Waals surface area contributed by atoms with Gasteiger partial charge < -0.3 is 10.2 Å². The van der Waals surface area contributed by atoms with E-state index in [1.54, 1.807) is 24.5 Å². The quantitative estimate of drug-likeness (QED) is 0.431. The van der Waals surface area contributed by atoms with Gasteiger partial charge in [0.2, 0.25) is 0 Å². The van der Waals surface area contributed by atoms with Gasteiger partial charge in [-0.2, -0.15) is 0 Å². The van der Waals surface area contributed by atoms with Gasteiger partial charge in [0, 0.05) is 31.7 Å². The number of guanidine groups is 1. The lowest BCUT2D eigenvalue weighted by molar-refractivity contribution is 0.474. The molecule has 23 heavy (non-hydrogen) atoms. The van der Waals surface area contributed by atoms with Crippen molar-refractivity contribution >= 4 is 41.3 Å². The van der Waals surface area contributed by atoms with Crippen molar-refractivity contribution in [3.8, 4) is 0 Å². The molecule has 1 heterocycles. The molecule has 0 saturated carbocycles. The number of benzene rings is 1. The molecule has 0 saturated heterocycles. The van der Waals surface area contributed by atoms with Crippen LogP contribution >= 0.6 is 35.3 Å². The Balaban J connectivity index is 0.00000264. The van der Waals surface area contributed by atoms with Gasteiger partial charge in [-0.05, 0) is 24.1 Å². The second kappa shape index (κ2) is 9.82. The Morgan fingerprint density at radius 1 is 1.43 bits per heavy atom. The summed E-state index contributed by atoms with van der Waals surface area (Å²) in [6, 6.07) is 6.61. The first-order valence-electron chi connectivity index (χ1n) is 7.22. The van der Waals surface area contributed by atoms with E-state index in [0.29, 0.717) is 13.1 Å². The second-order valence-electron chi connectivity index (χ2n) is 4.96. The van der Waals surface area contributed by atoms with Crippen LogP contribution < -0.4 is 5.32 Å². The zero-order valence-corrected chi connectivity index (χ0v) is 16.7. The van der Waals surface area contributed by atoms with Crippen LogP contribution in [0, 0.1) is 5.82 Å². The summed E-state index contributed by atoms with van der Waals surface area (Å²) in [5.74, 6) is 0.543. The number of aromatic nitrogens is 1. The first-order valence-corrected chi connectivity index (χ1v) is 8.03. The van der Waals surface area contributed by atoms with Crippen molar-refractivity contribution in [1.82, 2.24) is 15.2 Å². The number of halogens is 2. The van der Waals surface area contributed by atoms with Crippen LogP contribution in [0.2, 0.25) is 0 Å².